The first-order chi connectivity index (χ1) is 15.6. The van der Waals surface area contributed by atoms with Crippen LogP contribution in [0.1, 0.15) is 52.2 Å². The highest BCUT2D eigenvalue weighted by atomic mass is 32.1. The van der Waals surface area contributed by atoms with Crippen molar-refractivity contribution in [3.05, 3.63) is 63.5 Å². The number of esters is 1. The Hall–Kier alpha value is -3.32. The summed E-state index contributed by atoms with van der Waals surface area (Å²) in [6.45, 7) is -0.0480. The summed E-state index contributed by atoms with van der Waals surface area (Å²) in [5.41, 5.74) is 4.00. The number of hydrogen-bond donors (Lipinski definition) is 0. The summed E-state index contributed by atoms with van der Waals surface area (Å²) < 4.78 is 5.44. The highest BCUT2D eigenvalue weighted by Gasteiger charge is 2.29. The Bertz CT molecular complexity index is 1250. The monoisotopic (exact) mass is 446 g/mol. The Morgan fingerprint density at radius 2 is 1.97 bits per heavy atom. The molecule has 5 rings (SSSR count). The molecule has 0 bridgehead atoms. The smallest absolute Gasteiger partial charge is 0.339 e. The zero-order valence-corrected chi connectivity index (χ0v) is 18.3. The maximum absolute atomic E-state index is 13.2. The van der Waals surface area contributed by atoms with Gasteiger partial charge in [-0.1, -0.05) is 24.3 Å². The average Bonchev–Trinajstić information content (AvgIpc) is 3.47. The molecular weight excluding hydrogens is 424 g/mol. The van der Waals surface area contributed by atoms with Crippen molar-refractivity contribution < 1.29 is 19.1 Å². The van der Waals surface area contributed by atoms with E-state index >= 15 is 0 Å². The third-order valence-electron chi connectivity index (χ3n) is 5.94. The maximum atomic E-state index is 13.2. The normalized spacial score (nSPS) is 17.1. The van der Waals surface area contributed by atoms with Gasteiger partial charge in [-0.15, -0.1) is 11.3 Å². The zero-order valence-electron chi connectivity index (χ0n) is 17.5. The molecule has 0 N–H and O–H groups in total. The first-order valence-corrected chi connectivity index (χ1v) is 11.7. The van der Waals surface area contributed by atoms with Crippen molar-refractivity contribution in [1.82, 2.24) is 9.88 Å². The Morgan fingerprint density at radius 3 is 2.75 bits per heavy atom. The lowest BCUT2D eigenvalue weighted by Crippen LogP contribution is -2.35. The summed E-state index contributed by atoms with van der Waals surface area (Å²) >= 11 is 1.66. The molecule has 3 heterocycles. The van der Waals surface area contributed by atoms with E-state index in [0.29, 0.717) is 24.9 Å². The molecule has 1 fully saturated rings. The van der Waals surface area contributed by atoms with E-state index in [9.17, 15) is 14.4 Å². The van der Waals surface area contributed by atoms with Gasteiger partial charge >= 0.3 is 5.97 Å². The van der Waals surface area contributed by atoms with Crippen LogP contribution in [0.2, 0.25) is 0 Å². The van der Waals surface area contributed by atoms with E-state index in [1.54, 1.807) is 11.3 Å². The molecule has 1 aliphatic heterocycles. The van der Waals surface area contributed by atoms with Gasteiger partial charge in [-0.2, -0.15) is 0 Å². The number of carbonyl (C=O) groups is 3. The number of rotatable bonds is 4. The molecular formula is C25H22N2O4S. The van der Waals surface area contributed by atoms with Gasteiger partial charge in [-0.05, 0) is 60.4 Å². The first kappa shape index (κ1) is 20.6. The van der Waals surface area contributed by atoms with Crippen LogP contribution in [0.3, 0.4) is 0 Å². The van der Waals surface area contributed by atoms with Gasteiger partial charge in [-0.3, -0.25) is 14.5 Å². The van der Waals surface area contributed by atoms with Crippen molar-refractivity contribution in [3.8, 4) is 0 Å². The number of ether oxygens (including phenoxy) is 1. The highest BCUT2D eigenvalue weighted by Crippen LogP contribution is 2.36. The van der Waals surface area contributed by atoms with Crippen molar-refractivity contribution in [2.75, 3.05) is 13.2 Å². The Kier molecular flexibility index (Phi) is 5.57. The second-order valence-corrected chi connectivity index (χ2v) is 8.97. The van der Waals surface area contributed by atoms with Gasteiger partial charge in [0.15, 0.2) is 6.61 Å². The molecule has 32 heavy (non-hydrogen) atoms. The van der Waals surface area contributed by atoms with E-state index < -0.39 is 18.5 Å². The Balaban J connectivity index is 1.51. The van der Waals surface area contributed by atoms with Gasteiger partial charge in [0, 0.05) is 23.2 Å². The molecule has 2 aliphatic rings. The van der Waals surface area contributed by atoms with Crippen molar-refractivity contribution in [2.45, 2.75) is 32.1 Å². The zero-order chi connectivity index (χ0) is 22.1. The number of benzene rings is 1. The molecule has 0 atom stereocenters. The number of allylic oxidation sites excluding steroid dienone is 1. The Morgan fingerprint density at radius 1 is 1.09 bits per heavy atom. The number of nitrogens with zero attached hydrogens (tertiary/aromatic N) is 2. The average molecular weight is 447 g/mol. The van der Waals surface area contributed by atoms with E-state index in [0.717, 1.165) is 51.9 Å². The Labute approximate surface area is 189 Å². The molecule has 0 radical (unpaired) electrons. The minimum absolute atomic E-state index is 0.207. The van der Waals surface area contributed by atoms with Crippen LogP contribution in [-0.4, -0.2) is 40.8 Å². The van der Waals surface area contributed by atoms with Gasteiger partial charge in [0.05, 0.1) is 16.8 Å². The maximum Gasteiger partial charge on any atom is 0.339 e. The fourth-order valence-corrected chi connectivity index (χ4v) is 5.12. The van der Waals surface area contributed by atoms with Crippen LogP contribution in [0.15, 0.2) is 41.8 Å². The van der Waals surface area contributed by atoms with E-state index in [4.69, 9.17) is 9.72 Å². The number of carbonyl (C=O) groups excluding carboxylic acids is 3. The highest BCUT2D eigenvalue weighted by molar-refractivity contribution is 7.10. The molecule has 0 spiro atoms. The number of para-hydroxylation sites is 1. The second kappa shape index (κ2) is 8.67. The summed E-state index contributed by atoms with van der Waals surface area (Å²) in [5.74, 6) is -1.22. The largest absolute Gasteiger partial charge is 0.452 e. The molecule has 3 aromatic rings. The number of aromatic nitrogens is 1. The third kappa shape index (κ3) is 3.84. The van der Waals surface area contributed by atoms with Crippen molar-refractivity contribution in [2.24, 2.45) is 0 Å². The summed E-state index contributed by atoms with van der Waals surface area (Å²) in [6.07, 6.45) is 5.67. The lowest BCUT2D eigenvalue weighted by molar-refractivity contribution is -0.143. The van der Waals surface area contributed by atoms with Crippen LogP contribution >= 0.6 is 11.3 Å². The van der Waals surface area contributed by atoms with E-state index in [1.807, 2.05) is 35.7 Å². The van der Waals surface area contributed by atoms with Crippen LogP contribution in [0.25, 0.3) is 22.6 Å². The number of amides is 2. The van der Waals surface area contributed by atoms with Crippen LogP contribution in [0.5, 0.6) is 0 Å². The van der Waals surface area contributed by atoms with E-state index in [-0.39, 0.29) is 5.91 Å². The molecule has 0 unspecified atom stereocenters. The molecule has 0 saturated carbocycles. The third-order valence-corrected chi connectivity index (χ3v) is 6.75. The van der Waals surface area contributed by atoms with Gasteiger partial charge in [0.2, 0.25) is 5.91 Å². The molecule has 1 aromatic carbocycles. The molecule has 2 amide bonds. The van der Waals surface area contributed by atoms with Crippen LogP contribution in [-0.2, 0) is 20.7 Å². The van der Waals surface area contributed by atoms with Crippen LogP contribution < -0.4 is 0 Å². The summed E-state index contributed by atoms with van der Waals surface area (Å²) in [7, 11) is 0. The number of thiophene rings is 1. The summed E-state index contributed by atoms with van der Waals surface area (Å²) in [6, 6.07) is 11.6. The molecule has 162 valence electrons. The quantitative estimate of drug-likeness (QED) is 0.553. The summed E-state index contributed by atoms with van der Waals surface area (Å²) in [4.78, 5) is 44.6. The van der Waals surface area contributed by atoms with Crippen molar-refractivity contribution >= 4 is 51.7 Å². The minimum atomic E-state index is -0.544. The predicted octanol–water partition coefficient (Wildman–Crippen LogP) is 4.48. The molecule has 1 aliphatic carbocycles. The van der Waals surface area contributed by atoms with Crippen molar-refractivity contribution in [3.63, 3.8) is 0 Å². The van der Waals surface area contributed by atoms with Gasteiger partial charge in [0.1, 0.15) is 0 Å². The number of likely N-dealkylation sites (tertiary alicyclic amines) is 1. The first-order valence-electron chi connectivity index (χ1n) is 10.8. The van der Waals surface area contributed by atoms with Gasteiger partial charge in [-0.25, -0.2) is 9.78 Å². The second-order valence-electron chi connectivity index (χ2n) is 7.99. The predicted molar refractivity (Wildman–Crippen MR) is 123 cm³/mol. The van der Waals surface area contributed by atoms with E-state index in [2.05, 4.69) is 12.1 Å². The van der Waals surface area contributed by atoms with Crippen molar-refractivity contribution in [1.29, 1.82) is 0 Å². The van der Waals surface area contributed by atoms with E-state index in [1.165, 1.54) is 4.90 Å². The molecule has 2 aromatic heterocycles. The van der Waals surface area contributed by atoms with Gasteiger partial charge in [0.25, 0.3) is 5.91 Å². The standard InChI is InChI=1S/C25H22N2O4S/c28-21-11-4-12-27(21)22(29)15-31-25(30)23-18-8-1-2-10-20(18)26-24-16(6-3-9-19(23)24)14-17-7-5-13-32-17/h1-2,5,7-8,10,13-14H,3-4,6,9,11-12,15H2. The topological polar surface area (TPSA) is 76.6 Å². The van der Waals surface area contributed by atoms with Crippen LogP contribution in [0, 0.1) is 0 Å². The lowest BCUT2D eigenvalue weighted by Gasteiger charge is -2.22. The number of hydrogen-bond acceptors (Lipinski definition) is 6. The molecule has 6 nitrogen and oxygen atoms in total. The van der Waals surface area contributed by atoms with Crippen LogP contribution in [0.4, 0.5) is 0 Å². The fraction of sp³-hybridized carbons (Fsp3) is 0.280. The number of imide groups is 1. The minimum Gasteiger partial charge on any atom is -0.452 e. The lowest BCUT2D eigenvalue weighted by atomic mass is 9.86. The molecule has 1 saturated heterocycles. The van der Waals surface area contributed by atoms with Gasteiger partial charge < -0.3 is 4.74 Å². The summed E-state index contributed by atoms with van der Waals surface area (Å²) in [5, 5.41) is 2.76. The fourth-order valence-electron chi connectivity index (χ4n) is 4.44. The number of fused-ring (bicyclic) bond motifs is 2. The molecule has 7 heteroatoms. The SMILES string of the molecule is O=C(OCC(=O)N1CCCC1=O)c1c2c(nc3ccccc13)C(=Cc1cccs1)CCC2. The number of pyridine rings is 1.